The Morgan fingerprint density at radius 1 is 1.43 bits per heavy atom. The molecule has 0 aromatic carbocycles. The first kappa shape index (κ1) is 16.9. The molecule has 2 aromatic rings. The second-order valence-electron chi connectivity index (χ2n) is 5.35. The molecule has 0 aliphatic rings. The van der Waals surface area contributed by atoms with Gasteiger partial charge in [-0.1, -0.05) is 12.2 Å². The van der Waals surface area contributed by atoms with Crippen LogP contribution in [0.25, 0.3) is 0 Å². The Morgan fingerprint density at radius 3 is 2.65 bits per heavy atom. The van der Waals surface area contributed by atoms with E-state index < -0.39 is 9.84 Å². The van der Waals surface area contributed by atoms with Gasteiger partial charge in [0.15, 0.2) is 15.7 Å². The van der Waals surface area contributed by atoms with E-state index in [4.69, 9.17) is 0 Å². The molecule has 8 heteroatoms. The summed E-state index contributed by atoms with van der Waals surface area (Å²) in [6.45, 7) is 5.72. The van der Waals surface area contributed by atoms with Gasteiger partial charge in [0, 0.05) is 38.4 Å². The van der Waals surface area contributed by atoms with E-state index in [0.717, 1.165) is 6.26 Å². The zero-order chi connectivity index (χ0) is 17.2. The molecule has 2 rings (SSSR count). The third-order valence-electron chi connectivity index (χ3n) is 3.01. The molecular formula is C15H18N4O3S. The number of rotatable bonds is 5. The third-order valence-corrected chi connectivity index (χ3v) is 4.10. The number of carbonyl (C=O) groups excluding carboxylic acids is 1. The first-order chi connectivity index (χ1) is 10.7. The molecule has 2 aromatic heterocycles. The Bertz CT molecular complexity index is 841. The highest BCUT2D eigenvalue weighted by molar-refractivity contribution is 7.90. The summed E-state index contributed by atoms with van der Waals surface area (Å²) in [5, 5.41) is 4.16. The average Bonchev–Trinajstić information content (AvgIpc) is 2.87. The van der Waals surface area contributed by atoms with Crippen LogP contribution in [0.3, 0.4) is 0 Å². The van der Waals surface area contributed by atoms with Gasteiger partial charge in [-0.3, -0.25) is 19.4 Å². The number of sulfone groups is 1. The lowest BCUT2D eigenvalue weighted by molar-refractivity contribution is 0.0987. The van der Waals surface area contributed by atoms with E-state index in [1.54, 1.807) is 32.3 Å². The monoisotopic (exact) mass is 334 g/mol. The Kier molecular flexibility index (Phi) is 4.65. The van der Waals surface area contributed by atoms with Crippen molar-refractivity contribution < 1.29 is 13.2 Å². The Hall–Kier alpha value is -2.48. The van der Waals surface area contributed by atoms with Gasteiger partial charge in [0.2, 0.25) is 0 Å². The minimum absolute atomic E-state index is 0.00140. The number of aryl methyl sites for hydroxylation is 1. The molecule has 7 nitrogen and oxygen atoms in total. The summed E-state index contributed by atoms with van der Waals surface area (Å²) < 4.78 is 25.3. The topological polar surface area (TPSA) is 85.2 Å². The van der Waals surface area contributed by atoms with Crippen LogP contribution < -0.4 is 4.90 Å². The van der Waals surface area contributed by atoms with Gasteiger partial charge in [0.1, 0.15) is 4.90 Å². The lowest BCUT2D eigenvalue weighted by Gasteiger charge is -2.21. The fraction of sp³-hybridized carbons (Fsp3) is 0.267. The van der Waals surface area contributed by atoms with E-state index >= 15 is 0 Å². The molecule has 0 fully saturated rings. The average molecular weight is 334 g/mol. The summed E-state index contributed by atoms with van der Waals surface area (Å²) in [6.07, 6.45) is 5.45. The lowest BCUT2D eigenvalue weighted by atomic mass is 10.2. The van der Waals surface area contributed by atoms with E-state index in [-0.39, 0.29) is 23.2 Å². The largest absolute Gasteiger partial charge is 0.286 e. The molecule has 1 amide bonds. The molecule has 0 atom stereocenters. The van der Waals surface area contributed by atoms with Crippen molar-refractivity contribution in [2.75, 3.05) is 17.7 Å². The van der Waals surface area contributed by atoms with Crippen LogP contribution in [-0.2, 0) is 16.9 Å². The van der Waals surface area contributed by atoms with Crippen molar-refractivity contribution >= 4 is 21.6 Å². The fourth-order valence-electron chi connectivity index (χ4n) is 2.06. The molecule has 0 aliphatic carbocycles. The van der Waals surface area contributed by atoms with E-state index in [2.05, 4.69) is 16.7 Å². The SMILES string of the molecule is C=C(C)CN(C(=O)c1cccnc1)c1nn(C)cc1S(C)(=O)=O. The highest BCUT2D eigenvalue weighted by atomic mass is 32.2. The van der Waals surface area contributed by atoms with Gasteiger partial charge in [-0.2, -0.15) is 5.10 Å². The molecule has 0 spiro atoms. The van der Waals surface area contributed by atoms with Gasteiger partial charge < -0.3 is 0 Å². The van der Waals surface area contributed by atoms with Crippen LogP contribution >= 0.6 is 0 Å². The number of anilines is 1. The summed E-state index contributed by atoms with van der Waals surface area (Å²) in [6, 6.07) is 3.26. The molecule has 0 saturated carbocycles. The van der Waals surface area contributed by atoms with Gasteiger partial charge in [-0.15, -0.1) is 0 Å². The van der Waals surface area contributed by atoms with Crippen molar-refractivity contribution in [3.8, 4) is 0 Å². The number of nitrogens with zero attached hydrogens (tertiary/aromatic N) is 4. The zero-order valence-corrected chi connectivity index (χ0v) is 14.0. The molecule has 0 N–H and O–H groups in total. The lowest BCUT2D eigenvalue weighted by Crippen LogP contribution is -2.33. The molecule has 23 heavy (non-hydrogen) atoms. The fourth-order valence-corrected chi connectivity index (χ4v) is 2.89. The molecule has 0 radical (unpaired) electrons. The molecule has 0 saturated heterocycles. The molecular weight excluding hydrogens is 316 g/mol. The number of carbonyl (C=O) groups is 1. The predicted octanol–water partition coefficient (Wildman–Crippen LogP) is 1.44. The maximum absolute atomic E-state index is 12.8. The van der Waals surface area contributed by atoms with Gasteiger partial charge in [-0.05, 0) is 19.1 Å². The van der Waals surface area contributed by atoms with Gasteiger partial charge >= 0.3 is 0 Å². The number of amides is 1. The molecule has 2 heterocycles. The van der Waals surface area contributed by atoms with Crippen LogP contribution in [0, 0.1) is 0 Å². The van der Waals surface area contributed by atoms with Crippen LogP contribution in [0.15, 0.2) is 47.8 Å². The Labute approximate surface area is 135 Å². The van der Waals surface area contributed by atoms with Crippen LogP contribution in [-0.4, -0.2) is 41.9 Å². The standard InChI is InChI=1S/C15H18N4O3S/c1-11(2)9-19(15(20)12-6-5-7-16-8-12)14-13(23(4,21)22)10-18(3)17-14/h5-8,10H,1,9H2,2-4H3. The zero-order valence-electron chi connectivity index (χ0n) is 13.2. The van der Waals surface area contributed by atoms with Crippen LogP contribution in [0.4, 0.5) is 5.82 Å². The third kappa shape index (κ3) is 3.84. The smallest absolute Gasteiger partial charge is 0.261 e. The van der Waals surface area contributed by atoms with Crippen LogP contribution in [0.1, 0.15) is 17.3 Å². The normalized spacial score (nSPS) is 11.3. The summed E-state index contributed by atoms with van der Waals surface area (Å²) in [4.78, 5) is 18.0. The van der Waals surface area contributed by atoms with Gasteiger partial charge in [-0.25, -0.2) is 8.42 Å². The maximum atomic E-state index is 12.8. The van der Waals surface area contributed by atoms with Gasteiger partial charge in [0.05, 0.1) is 5.56 Å². The number of hydrogen-bond acceptors (Lipinski definition) is 5. The van der Waals surface area contributed by atoms with Crippen molar-refractivity contribution in [1.29, 1.82) is 0 Å². The Morgan fingerprint density at radius 2 is 2.13 bits per heavy atom. The number of aromatic nitrogens is 3. The quantitative estimate of drug-likeness (QED) is 0.773. The Balaban J connectivity index is 2.57. The summed E-state index contributed by atoms with van der Waals surface area (Å²) in [7, 11) is -1.93. The molecule has 122 valence electrons. The number of pyridine rings is 1. The van der Waals surface area contributed by atoms with E-state index in [1.165, 1.54) is 22.0 Å². The predicted molar refractivity (Wildman–Crippen MR) is 87.0 cm³/mol. The van der Waals surface area contributed by atoms with Crippen molar-refractivity contribution in [3.63, 3.8) is 0 Å². The minimum Gasteiger partial charge on any atom is -0.286 e. The van der Waals surface area contributed by atoms with Crippen LogP contribution in [0.5, 0.6) is 0 Å². The van der Waals surface area contributed by atoms with Crippen molar-refractivity contribution in [3.05, 3.63) is 48.4 Å². The summed E-state index contributed by atoms with van der Waals surface area (Å²) in [5.74, 6) is -0.295. The molecule has 0 bridgehead atoms. The van der Waals surface area contributed by atoms with Crippen molar-refractivity contribution in [2.45, 2.75) is 11.8 Å². The maximum Gasteiger partial charge on any atom is 0.261 e. The summed E-state index contributed by atoms with van der Waals surface area (Å²) >= 11 is 0. The number of hydrogen-bond donors (Lipinski definition) is 0. The van der Waals surface area contributed by atoms with Crippen molar-refractivity contribution in [2.24, 2.45) is 7.05 Å². The van der Waals surface area contributed by atoms with E-state index in [1.807, 2.05) is 0 Å². The first-order valence-electron chi connectivity index (χ1n) is 6.80. The second-order valence-corrected chi connectivity index (χ2v) is 7.34. The van der Waals surface area contributed by atoms with E-state index in [9.17, 15) is 13.2 Å². The minimum atomic E-state index is -3.53. The highest BCUT2D eigenvalue weighted by Gasteiger charge is 2.27. The van der Waals surface area contributed by atoms with Gasteiger partial charge in [0.25, 0.3) is 5.91 Å². The molecule has 0 aliphatic heterocycles. The van der Waals surface area contributed by atoms with Crippen LogP contribution in [0.2, 0.25) is 0 Å². The summed E-state index contributed by atoms with van der Waals surface area (Å²) in [5.41, 5.74) is 1.05. The van der Waals surface area contributed by atoms with E-state index in [0.29, 0.717) is 11.1 Å². The molecule has 0 unspecified atom stereocenters. The highest BCUT2D eigenvalue weighted by Crippen LogP contribution is 2.25. The first-order valence-corrected chi connectivity index (χ1v) is 8.69. The second kappa shape index (κ2) is 6.33. The van der Waals surface area contributed by atoms with Crippen molar-refractivity contribution in [1.82, 2.24) is 14.8 Å².